The molecule has 0 radical (unpaired) electrons. The van der Waals surface area contributed by atoms with E-state index in [2.05, 4.69) is 16.5 Å². The molecule has 1 unspecified atom stereocenters. The Labute approximate surface area is 81.4 Å². The van der Waals surface area contributed by atoms with Gasteiger partial charge in [0.25, 0.3) is 0 Å². The van der Waals surface area contributed by atoms with E-state index in [-0.39, 0.29) is 5.37 Å². The van der Waals surface area contributed by atoms with Gasteiger partial charge in [-0.15, -0.1) is 11.8 Å². The number of para-hydroxylation sites is 1. The molecule has 3 N–H and O–H groups in total. The lowest BCUT2D eigenvalue weighted by Crippen LogP contribution is -2.32. The number of hydrogen-bond acceptors (Lipinski definition) is 4. The first-order valence-corrected chi connectivity index (χ1v) is 5.02. The van der Waals surface area contributed by atoms with Gasteiger partial charge >= 0.3 is 0 Å². The minimum atomic E-state index is 0.229. The second-order valence-corrected chi connectivity index (χ2v) is 4.03. The van der Waals surface area contributed by atoms with Crippen LogP contribution in [0, 0.1) is 0 Å². The summed E-state index contributed by atoms with van der Waals surface area (Å²) in [6, 6.07) is 8.08. The van der Waals surface area contributed by atoms with Crippen molar-refractivity contribution < 1.29 is 0 Å². The van der Waals surface area contributed by atoms with Crippen LogP contribution >= 0.6 is 11.8 Å². The van der Waals surface area contributed by atoms with Crippen LogP contribution in [0.3, 0.4) is 0 Å². The highest BCUT2D eigenvalue weighted by Crippen LogP contribution is 2.33. The molecule has 0 spiro atoms. The molecule has 0 bridgehead atoms. The van der Waals surface area contributed by atoms with E-state index in [1.807, 2.05) is 24.4 Å². The molecule has 0 aliphatic carbocycles. The largest absolute Gasteiger partial charge is 0.270 e. The number of nitrogens with two attached hydrogens (primary N) is 1. The van der Waals surface area contributed by atoms with Crippen molar-refractivity contribution in [2.45, 2.75) is 16.7 Å². The normalized spacial score (nSPS) is 20.8. The highest BCUT2D eigenvalue weighted by atomic mass is 32.2. The molecule has 1 aromatic carbocycles. The van der Waals surface area contributed by atoms with E-state index in [1.165, 1.54) is 4.90 Å². The summed E-state index contributed by atoms with van der Waals surface area (Å²) < 4.78 is 0. The zero-order valence-electron chi connectivity index (χ0n) is 7.10. The number of nitrogens with zero attached hydrogens (tertiary/aromatic N) is 1. The van der Waals surface area contributed by atoms with Gasteiger partial charge in [0.1, 0.15) is 0 Å². The van der Waals surface area contributed by atoms with Crippen LogP contribution < -0.4 is 11.3 Å². The lowest BCUT2D eigenvalue weighted by Gasteiger charge is -2.10. The number of rotatable bonds is 1. The maximum Gasteiger partial charge on any atom is 0.0762 e. The van der Waals surface area contributed by atoms with E-state index < -0.39 is 0 Å². The summed E-state index contributed by atoms with van der Waals surface area (Å²) in [6.45, 7) is 0. The van der Waals surface area contributed by atoms with Gasteiger partial charge in [0.15, 0.2) is 0 Å². The lowest BCUT2D eigenvalue weighted by molar-refractivity contribution is 0.709. The quantitative estimate of drug-likeness (QED) is 0.527. The van der Waals surface area contributed by atoms with E-state index in [0.717, 1.165) is 12.1 Å². The van der Waals surface area contributed by atoms with Gasteiger partial charge in [0.05, 0.1) is 11.1 Å². The smallest absolute Gasteiger partial charge is 0.0762 e. The molecule has 0 saturated carbocycles. The van der Waals surface area contributed by atoms with E-state index in [4.69, 9.17) is 5.84 Å². The van der Waals surface area contributed by atoms with Crippen LogP contribution in [0.15, 0.2) is 34.2 Å². The predicted molar refractivity (Wildman–Crippen MR) is 56.2 cm³/mol. The fourth-order valence-electron chi connectivity index (χ4n) is 1.21. The Kier molecular flexibility index (Phi) is 2.63. The van der Waals surface area contributed by atoms with Crippen molar-refractivity contribution in [2.75, 3.05) is 0 Å². The van der Waals surface area contributed by atoms with E-state index in [1.54, 1.807) is 11.8 Å². The zero-order chi connectivity index (χ0) is 9.10. The molecule has 0 fully saturated rings. The summed E-state index contributed by atoms with van der Waals surface area (Å²) in [6.07, 6.45) is 2.76. The Morgan fingerprint density at radius 2 is 2.31 bits per heavy atom. The number of hydrazine groups is 1. The summed E-state index contributed by atoms with van der Waals surface area (Å²) in [5, 5.41) is 0.229. The third kappa shape index (κ3) is 1.91. The van der Waals surface area contributed by atoms with Gasteiger partial charge in [0, 0.05) is 17.5 Å². The van der Waals surface area contributed by atoms with E-state index >= 15 is 0 Å². The molecule has 68 valence electrons. The highest BCUT2D eigenvalue weighted by Gasteiger charge is 2.12. The average Bonchev–Trinajstić information content (AvgIpc) is 2.38. The summed E-state index contributed by atoms with van der Waals surface area (Å²) in [5.41, 5.74) is 3.79. The Balaban J connectivity index is 2.32. The lowest BCUT2D eigenvalue weighted by atomic mass is 10.3. The van der Waals surface area contributed by atoms with Crippen LogP contribution in [-0.4, -0.2) is 11.6 Å². The molecule has 0 aromatic heterocycles. The van der Waals surface area contributed by atoms with Crippen LogP contribution in [0.1, 0.15) is 6.42 Å². The predicted octanol–water partition coefficient (Wildman–Crippen LogP) is 1.67. The van der Waals surface area contributed by atoms with Crippen molar-refractivity contribution >= 4 is 23.7 Å². The van der Waals surface area contributed by atoms with E-state index in [9.17, 15) is 0 Å². The molecule has 0 saturated heterocycles. The molecule has 1 atom stereocenters. The first-order valence-electron chi connectivity index (χ1n) is 4.14. The maximum absolute atomic E-state index is 5.40. The topological polar surface area (TPSA) is 50.4 Å². The van der Waals surface area contributed by atoms with Crippen molar-refractivity contribution in [3.63, 3.8) is 0 Å². The minimum Gasteiger partial charge on any atom is -0.270 e. The first kappa shape index (κ1) is 8.74. The van der Waals surface area contributed by atoms with Crippen LogP contribution in [-0.2, 0) is 0 Å². The van der Waals surface area contributed by atoms with Crippen molar-refractivity contribution in [1.82, 2.24) is 5.43 Å². The third-order valence-electron chi connectivity index (χ3n) is 1.87. The Morgan fingerprint density at radius 1 is 1.46 bits per heavy atom. The molecule has 1 aliphatic rings. The molecule has 2 rings (SSSR count). The number of hydrogen-bond donors (Lipinski definition) is 2. The minimum absolute atomic E-state index is 0.229. The Hall–Kier alpha value is -0.840. The van der Waals surface area contributed by atoms with Crippen molar-refractivity contribution in [1.29, 1.82) is 0 Å². The molecule has 1 heterocycles. The SMILES string of the molecule is NNC1CC=Nc2ccccc2S1. The van der Waals surface area contributed by atoms with Gasteiger partial charge < -0.3 is 0 Å². The summed E-state index contributed by atoms with van der Waals surface area (Å²) in [7, 11) is 0. The van der Waals surface area contributed by atoms with Crippen molar-refractivity contribution in [2.24, 2.45) is 10.8 Å². The number of thioether (sulfide) groups is 1. The number of fused-ring (bicyclic) bond motifs is 1. The van der Waals surface area contributed by atoms with Gasteiger partial charge in [-0.25, -0.2) is 5.43 Å². The maximum atomic E-state index is 5.40. The molecule has 3 nitrogen and oxygen atoms in total. The standard InChI is InChI=1S/C9H11N3S/c10-12-9-5-6-11-7-3-1-2-4-8(7)13-9/h1-4,6,9,12H,5,10H2. The van der Waals surface area contributed by atoms with Gasteiger partial charge in [-0.05, 0) is 12.1 Å². The molecular weight excluding hydrogens is 182 g/mol. The van der Waals surface area contributed by atoms with Gasteiger partial charge in [-0.2, -0.15) is 0 Å². The Bertz CT molecular complexity index is 324. The fourth-order valence-corrected chi connectivity index (χ4v) is 2.17. The van der Waals surface area contributed by atoms with Gasteiger partial charge in [-0.1, -0.05) is 12.1 Å². The summed E-state index contributed by atoms with van der Waals surface area (Å²) in [4.78, 5) is 5.52. The second kappa shape index (κ2) is 3.91. The molecular formula is C9H11N3S. The average molecular weight is 193 g/mol. The van der Waals surface area contributed by atoms with Crippen LogP contribution in [0.25, 0.3) is 0 Å². The number of benzene rings is 1. The summed E-state index contributed by atoms with van der Waals surface area (Å²) >= 11 is 1.72. The third-order valence-corrected chi connectivity index (χ3v) is 3.08. The van der Waals surface area contributed by atoms with Crippen molar-refractivity contribution in [3.05, 3.63) is 24.3 Å². The number of aliphatic imine (C=N–C) groups is 1. The van der Waals surface area contributed by atoms with Gasteiger partial charge in [-0.3, -0.25) is 10.8 Å². The molecule has 1 aromatic rings. The summed E-state index contributed by atoms with van der Waals surface area (Å²) in [5.74, 6) is 5.40. The Morgan fingerprint density at radius 3 is 3.15 bits per heavy atom. The number of nitrogens with one attached hydrogen (secondary N) is 1. The second-order valence-electron chi connectivity index (χ2n) is 2.79. The van der Waals surface area contributed by atoms with Crippen LogP contribution in [0.5, 0.6) is 0 Å². The van der Waals surface area contributed by atoms with Crippen molar-refractivity contribution in [3.8, 4) is 0 Å². The monoisotopic (exact) mass is 193 g/mol. The molecule has 1 aliphatic heterocycles. The zero-order valence-corrected chi connectivity index (χ0v) is 7.92. The fraction of sp³-hybridized carbons (Fsp3) is 0.222. The van der Waals surface area contributed by atoms with Gasteiger partial charge in [0.2, 0.25) is 0 Å². The molecule has 13 heavy (non-hydrogen) atoms. The highest BCUT2D eigenvalue weighted by molar-refractivity contribution is 8.00. The molecule has 0 amide bonds. The van der Waals surface area contributed by atoms with Crippen LogP contribution in [0.2, 0.25) is 0 Å². The molecule has 4 heteroatoms. The first-order chi connectivity index (χ1) is 6.40. The van der Waals surface area contributed by atoms with E-state index in [0.29, 0.717) is 0 Å². The van der Waals surface area contributed by atoms with Crippen LogP contribution in [0.4, 0.5) is 5.69 Å².